The van der Waals surface area contributed by atoms with E-state index < -0.39 is 17.3 Å². The molecule has 9 rings (SSSR count). The third-order valence-corrected chi connectivity index (χ3v) is 13.3. The van der Waals surface area contributed by atoms with Crippen LogP contribution in [0.2, 0.25) is 0 Å². The van der Waals surface area contributed by atoms with Crippen molar-refractivity contribution in [3.05, 3.63) is 147 Å². The standard InChI is InChI=1S/C50H56FN5O7/c51-41-10-5-4-7-37(41)32-56(24-6-23-52-31-43(58)39-15-17-42(57)48-40(39)16-18-45(59)53-48)47(61)30-35-13-11-34(12-14-35)29-46(60)55-27-21-50(22-28-55,38-8-2-1-3-9-38)49(62)63-44-33-54-25-19-36(44)20-26-54/h1-5,7-18,36,43-44,52,57-58H,6,19-33H2,(H,53,59)/t43-,44-/m0/s1. The summed E-state index contributed by atoms with van der Waals surface area (Å²) in [7, 11) is 0. The van der Waals surface area contributed by atoms with Gasteiger partial charge < -0.3 is 35.1 Å². The molecule has 12 nitrogen and oxygen atoms in total. The monoisotopic (exact) mass is 857 g/mol. The molecule has 2 bridgehead atoms. The molecule has 2 atom stereocenters. The number of carbonyl (C=O) groups excluding carboxylic acids is 3. The first kappa shape index (κ1) is 43.7. The zero-order valence-electron chi connectivity index (χ0n) is 35.5. The van der Waals surface area contributed by atoms with Crippen LogP contribution in [0.1, 0.15) is 66.0 Å². The topological polar surface area (TPSA) is 156 Å². The number of likely N-dealkylation sites (tertiary alicyclic amines) is 1. The van der Waals surface area contributed by atoms with Crippen LogP contribution < -0.4 is 10.9 Å². The second-order valence-electron chi connectivity index (χ2n) is 17.3. The van der Waals surface area contributed by atoms with E-state index in [2.05, 4.69) is 15.2 Å². The number of nitrogens with zero attached hydrogens (tertiary/aromatic N) is 3. The molecule has 4 aromatic carbocycles. The van der Waals surface area contributed by atoms with Crippen LogP contribution >= 0.6 is 0 Å². The van der Waals surface area contributed by atoms with Gasteiger partial charge in [-0.25, -0.2) is 4.39 Å². The number of aromatic hydroxyl groups is 1. The molecule has 4 aliphatic heterocycles. The third kappa shape index (κ3) is 10.2. The van der Waals surface area contributed by atoms with Crippen molar-refractivity contribution in [3.8, 4) is 5.75 Å². The molecule has 5 aromatic rings. The van der Waals surface area contributed by atoms with Crippen LogP contribution in [0.5, 0.6) is 5.75 Å². The number of piperidine rings is 4. The molecular weight excluding hydrogens is 802 g/mol. The van der Waals surface area contributed by atoms with Gasteiger partial charge in [0, 0.05) is 56.3 Å². The lowest BCUT2D eigenvalue weighted by molar-refractivity contribution is -0.168. The number of phenols is 1. The van der Waals surface area contributed by atoms with Crippen molar-refractivity contribution in [2.75, 3.05) is 52.4 Å². The lowest BCUT2D eigenvalue weighted by atomic mass is 9.72. The van der Waals surface area contributed by atoms with Crippen molar-refractivity contribution < 1.29 is 33.7 Å². The number of carbonyl (C=O) groups is 3. The molecule has 1 aromatic heterocycles. The first-order valence-electron chi connectivity index (χ1n) is 22.2. The molecule has 2 amide bonds. The van der Waals surface area contributed by atoms with E-state index in [9.17, 15) is 33.8 Å². The van der Waals surface area contributed by atoms with Crippen LogP contribution in [-0.4, -0.2) is 106 Å². The second kappa shape index (κ2) is 19.7. The molecule has 0 unspecified atom stereocenters. The number of halogens is 1. The van der Waals surface area contributed by atoms with E-state index in [1.54, 1.807) is 35.2 Å². The number of phenolic OH excluding ortho intramolecular Hbond substituents is 1. The summed E-state index contributed by atoms with van der Waals surface area (Å²) in [4.78, 5) is 61.8. The Hall–Kier alpha value is -5.89. The number of hydrogen-bond donors (Lipinski definition) is 4. The quantitative estimate of drug-likeness (QED) is 0.0755. The van der Waals surface area contributed by atoms with Crippen LogP contribution in [0.15, 0.2) is 108 Å². The number of aromatic nitrogens is 1. The molecule has 4 fully saturated rings. The van der Waals surface area contributed by atoms with Crippen LogP contribution in [0, 0.1) is 11.7 Å². The normalized spacial score (nSPS) is 19.7. The Morgan fingerprint density at radius 2 is 1.57 bits per heavy atom. The molecular formula is C50H56FN5O7. The molecule has 63 heavy (non-hydrogen) atoms. The predicted octanol–water partition coefficient (Wildman–Crippen LogP) is 5.40. The summed E-state index contributed by atoms with van der Waals surface area (Å²) in [6.45, 7) is 4.91. The van der Waals surface area contributed by atoms with E-state index in [-0.39, 0.29) is 66.6 Å². The molecule has 4 saturated heterocycles. The average molecular weight is 858 g/mol. The van der Waals surface area contributed by atoms with Crippen molar-refractivity contribution in [2.45, 2.75) is 69.1 Å². The van der Waals surface area contributed by atoms with E-state index in [1.807, 2.05) is 59.5 Å². The summed E-state index contributed by atoms with van der Waals surface area (Å²) in [6.07, 6.45) is 2.91. The van der Waals surface area contributed by atoms with Crippen LogP contribution in [0.3, 0.4) is 0 Å². The van der Waals surface area contributed by atoms with Gasteiger partial charge in [0.25, 0.3) is 0 Å². The zero-order valence-corrected chi connectivity index (χ0v) is 35.5. The highest BCUT2D eigenvalue weighted by Gasteiger charge is 2.47. The van der Waals surface area contributed by atoms with E-state index in [1.165, 1.54) is 18.2 Å². The predicted molar refractivity (Wildman–Crippen MR) is 237 cm³/mol. The largest absolute Gasteiger partial charge is 0.506 e. The Bertz CT molecular complexity index is 2450. The number of nitrogens with one attached hydrogen (secondary N) is 2. The first-order chi connectivity index (χ1) is 30.6. The zero-order chi connectivity index (χ0) is 43.9. The Kier molecular flexibility index (Phi) is 13.6. The van der Waals surface area contributed by atoms with Crippen molar-refractivity contribution in [2.24, 2.45) is 5.92 Å². The summed E-state index contributed by atoms with van der Waals surface area (Å²) in [5.41, 5.74) is 2.59. The highest BCUT2D eigenvalue weighted by Crippen LogP contribution is 2.39. The van der Waals surface area contributed by atoms with Gasteiger partial charge in [0.2, 0.25) is 17.4 Å². The fourth-order valence-electron chi connectivity index (χ4n) is 9.57. The molecule has 0 radical (unpaired) electrons. The van der Waals surface area contributed by atoms with Gasteiger partial charge >= 0.3 is 5.97 Å². The number of rotatable bonds is 16. The van der Waals surface area contributed by atoms with Gasteiger partial charge in [0.1, 0.15) is 17.7 Å². The number of aliphatic hydroxyl groups excluding tert-OH is 1. The Morgan fingerprint density at radius 1 is 0.873 bits per heavy atom. The minimum absolute atomic E-state index is 0.0174. The van der Waals surface area contributed by atoms with Gasteiger partial charge in [-0.1, -0.05) is 78.9 Å². The van der Waals surface area contributed by atoms with Crippen LogP contribution in [0.4, 0.5) is 4.39 Å². The molecule has 0 aliphatic carbocycles. The summed E-state index contributed by atoms with van der Waals surface area (Å²) in [5.74, 6) is -0.432. The number of H-pyrrole nitrogens is 1. The van der Waals surface area contributed by atoms with Gasteiger partial charge in [-0.05, 0) is 98.1 Å². The maximum atomic E-state index is 14.8. The summed E-state index contributed by atoms with van der Waals surface area (Å²) in [6, 6.07) is 29.7. The molecule has 0 spiro atoms. The SMILES string of the molecule is O=C(Cc1ccc(CC(=O)N(CCCNC[C@H](O)c2ccc(O)c3[nH]c(=O)ccc23)Cc2ccccc2F)cc1)N1CCC(C(=O)O[C@H]2CN3CCC2CC3)(c2ccccc2)CC1. The van der Waals surface area contributed by atoms with Crippen molar-refractivity contribution in [3.63, 3.8) is 0 Å². The third-order valence-electron chi connectivity index (χ3n) is 13.3. The van der Waals surface area contributed by atoms with Crippen LogP contribution in [0.25, 0.3) is 10.9 Å². The number of fused-ring (bicyclic) bond motifs is 4. The summed E-state index contributed by atoms with van der Waals surface area (Å²) >= 11 is 0. The van der Waals surface area contributed by atoms with Gasteiger partial charge in [0.15, 0.2) is 0 Å². The Morgan fingerprint density at radius 3 is 2.27 bits per heavy atom. The number of benzene rings is 4. The highest BCUT2D eigenvalue weighted by molar-refractivity contribution is 5.87. The van der Waals surface area contributed by atoms with Crippen LogP contribution in [-0.2, 0) is 43.9 Å². The fraction of sp³-hybridized carbons (Fsp3) is 0.400. The van der Waals surface area contributed by atoms with Gasteiger partial charge in [-0.2, -0.15) is 0 Å². The van der Waals surface area contributed by atoms with Crippen molar-refractivity contribution in [1.29, 1.82) is 0 Å². The number of amides is 2. The first-order valence-corrected chi connectivity index (χ1v) is 22.2. The number of hydrogen-bond acceptors (Lipinski definition) is 9. The van der Waals surface area contributed by atoms with Gasteiger partial charge in [0.05, 0.1) is 29.9 Å². The lowest BCUT2D eigenvalue weighted by Crippen LogP contribution is -2.55. The second-order valence-corrected chi connectivity index (χ2v) is 17.3. The summed E-state index contributed by atoms with van der Waals surface area (Å²) < 4.78 is 21.1. The number of aromatic amines is 1. The van der Waals surface area contributed by atoms with E-state index in [4.69, 9.17) is 4.74 Å². The highest BCUT2D eigenvalue weighted by atomic mass is 19.1. The number of aliphatic hydroxyl groups is 1. The molecule has 13 heteroatoms. The van der Waals surface area contributed by atoms with Crippen molar-refractivity contribution in [1.82, 2.24) is 25.0 Å². The molecule has 5 heterocycles. The average Bonchev–Trinajstić information content (AvgIpc) is 3.30. The molecule has 4 aliphatic rings. The van der Waals surface area contributed by atoms with Gasteiger partial charge in [-0.15, -0.1) is 0 Å². The van der Waals surface area contributed by atoms with Gasteiger partial charge in [-0.3, -0.25) is 24.1 Å². The number of esters is 1. The molecule has 0 saturated carbocycles. The summed E-state index contributed by atoms with van der Waals surface area (Å²) in [5, 5.41) is 24.9. The smallest absolute Gasteiger partial charge is 0.317 e. The van der Waals surface area contributed by atoms with E-state index in [0.29, 0.717) is 67.9 Å². The lowest BCUT2D eigenvalue weighted by Gasteiger charge is -2.46. The Labute approximate surface area is 366 Å². The van der Waals surface area contributed by atoms with E-state index >= 15 is 0 Å². The maximum Gasteiger partial charge on any atom is 0.317 e. The minimum Gasteiger partial charge on any atom is -0.506 e. The maximum absolute atomic E-state index is 14.8. The minimum atomic E-state index is -0.928. The molecule has 330 valence electrons. The van der Waals surface area contributed by atoms with Crippen molar-refractivity contribution >= 4 is 28.7 Å². The number of pyridine rings is 1. The van der Waals surface area contributed by atoms with E-state index in [0.717, 1.165) is 49.2 Å². The fourth-order valence-corrected chi connectivity index (χ4v) is 9.57. The number of ether oxygens (including phenoxy) is 1. The molecule has 4 N–H and O–H groups in total. The Balaban J connectivity index is 0.844.